The van der Waals surface area contributed by atoms with Crippen LogP contribution in [0.5, 0.6) is 0 Å². The van der Waals surface area contributed by atoms with E-state index < -0.39 is 5.97 Å². The summed E-state index contributed by atoms with van der Waals surface area (Å²) in [5.41, 5.74) is 6.93. The highest BCUT2D eigenvalue weighted by Crippen LogP contribution is 2.32. The number of benzene rings is 4. The lowest BCUT2D eigenvalue weighted by atomic mass is 9.87. The van der Waals surface area contributed by atoms with Crippen LogP contribution in [0.4, 0.5) is 0 Å². The van der Waals surface area contributed by atoms with E-state index in [4.69, 9.17) is 0 Å². The Morgan fingerprint density at radius 3 is 2.21 bits per heavy atom. The maximum absolute atomic E-state index is 14.0. The van der Waals surface area contributed by atoms with E-state index >= 15 is 0 Å². The van der Waals surface area contributed by atoms with Crippen molar-refractivity contribution in [2.45, 2.75) is 45.1 Å². The van der Waals surface area contributed by atoms with Crippen molar-refractivity contribution in [3.8, 4) is 11.1 Å². The first-order valence-corrected chi connectivity index (χ1v) is 14.5. The number of nitrogens with one attached hydrogen (secondary N) is 1. The number of carbonyl (C=O) groups is 3. The number of carboxylic acids is 1. The number of rotatable bonds is 10. The van der Waals surface area contributed by atoms with Crippen LogP contribution < -0.4 is 5.32 Å². The summed E-state index contributed by atoms with van der Waals surface area (Å²) in [4.78, 5) is 40.8. The van der Waals surface area contributed by atoms with Gasteiger partial charge in [0.25, 0.3) is 11.8 Å². The monoisotopic (exact) mass is 560 g/mol. The minimum Gasteiger partial charge on any atom is -0.481 e. The first-order chi connectivity index (χ1) is 20.4. The molecule has 0 saturated heterocycles. The van der Waals surface area contributed by atoms with Gasteiger partial charge in [0.05, 0.1) is 12.5 Å². The fourth-order valence-electron chi connectivity index (χ4n) is 5.82. The smallest absolute Gasteiger partial charge is 0.305 e. The molecule has 4 aromatic carbocycles. The molecule has 6 nitrogen and oxygen atoms in total. The molecule has 1 aliphatic rings. The quantitative estimate of drug-likeness (QED) is 0.228. The third kappa shape index (κ3) is 6.60. The second-order valence-corrected chi connectivity index (χ2v) is 10.8. The first-order valence-electron chi connectivity index (χ1n) is 14.5. The number of aliphatic carboxylic acids is 1. The van der Waals surface area contributed by atoms with Crippen molar-refractivity contribution in [3.63, 3.8) is 0 Å². The van der Waals surface area contributed by atoms with Crippen molar-refractivity contribution in [2.24, 2.45) is 0 Å². The zero-order valence-corrected chi connectivity index (χ0v) is 23.9. The SMILES string of the molecule is Cc1ccccc1CCN(CCC(=O)O)C(=O)c1ccccc1-c1ccccc1C(=O)NC1CCCc2ccccc21. The van der Waals surface area contributed by atoms with Crippen LogP contribution in [0.25, 0.3) is 11.1 Å². The topological polar surface area (TPSA) is 86.7 Å². The number of nitrogens with zero attached hydrogens (tertiary/aromatic N) is 1. The Labute approximate surface area is 247 Å². The lowest BCUT2D eigenvalue weighted by molar-refractivity contribution is -0.137. The molecule has 0 bridgehead atoms. The zero-order chi connectivity index (χ0) is 29.5. The Kier molecular flexibility index (Phi) is 9.12. The Hall–Kier alpha value is -4.71. The largest absolute Gasteiger partial charge is 0.481 e. The van der Waals surface area contributed by atoms with Gasteiger partial charge in [-0.1, -0.05) is 84.9 Å². The van der Waals surface area contributed by atoms with E-state index in [1.165, 1.54) is 5.56 Å². The normalized spacial score (nSPS) is 14.1. The summed E-state index contributed by atoms with van der Waals surface area (Å²) in [5.74, 6) is -1.39. The van der Waals surface area contributed by atoms with Gasteiger partial charge in [0.2, 0.25) is 0 Å². The van der Waals surface area contributed by atoms with Crippen molar-refractivity contribution in [1.29, 1.82) is 0 Å². The second-order valence-electron chi connectivity index (χ2n) is 10.8. The molecule has 0 saturated carbocycles. The minimum absolute atomic E-state index is 0.0691. The minimum atomic E-state index is -0.955. The number of fused-ring (bicyclic) bond motifs is 1. The van der Waals surface area contributed by atoms with Gasteiger partial charge in [0.15, 0.2) is 0 Å². The first kappa shape index (κ1) is 28.8. The fraction of sp³-hybridized carbons (Fsp3) is 0.250. The number of carboxylic acid groups (broad SMARTS) is 1. The molecule has 1 atom stereocenters. The Bertz CT molecular complexity index is 1590. The molecule has 0 aliphatic heterocycles. The number of carbonyl (C=O) groups excluding carboxylic acids is 2. The van der Waals surface area contributed by atoms with Crippen LogP contribution in [0.3, 0.4) is 0 Å². The van der Waals surface area contributed by atoms with Crippen LogP contribution in [0.1, 0.15) is 68.3 Å². The van der Waals surface area contributed by atoms with Gasteiger partial charge >= 0.3 is 5.97 Å². The molecular weight excluding hydrogens is 524 g/mol. The van der Waals surface area contributed by atoms with E-state index in [0.717, 1.165) is 36.0 Å². The molecule has 6 heteroatoms. The summed E-state index contributed by atoms with van der Waals surface area (Å²) in [6.07, 6.45) is 3.36. The predicted molar refractivity (Wildman–Crippen MR) is 165 cm³/mol. The molecule has 2 N–H and O–H groups in total. The number of aryl methyl sites for hydroxylation is 2. The molecule has 0 aromatic heterocycles. The van der Waals surface area contributed by atoms with Crippen molar-refractivity contribution in [1.82, 2.24) is 10.2 Å². The molecule has 0 radical (unpaired) electrons. The van der Waals surface area contributed by atoms with E-state index in [1.807, 2.05) is 73.7 Å². The molecule has 1 aliphatic carbocycles. The number of amides is 2. The Balaban J connectivity index is 1.43. The third-order valence-electron chi connectivity index (χ3n) is 8.09. The summed E-state index contributed by atoms with van der Waals surface area (Å²) >= 11 is 0. The maximum atomic E-state index is 14.0. The van der Waals surface area contributed by atoms with Crippen LogP contribution in [0.2, 0.25) is 0 Å². The van der Waals surface area contributed by atoms with Gasteiger partial charge in [0, 0.05) is 24.2 Å². The van der Waals surface area contributed by atoms with Crippen LogP contribution in [0.15, 0.2) is 97.1 Å². The number of hydrogen-bond donors (Lipinski definition) is 2. The van der Waals surface area contributed by atoms with Crippen LogP contribution in [-0.4, -0.2) is 40.9 Å². The standard InChI is InChI=1S/C36H36N2O4/c1-25-11-2-3-12-26(25)21-23-38(24-22-34(39)40)36(42)32-19-9-7-17-30(32)29-16-6-8-18-31(29)35(41)37-33-20-10-14-27-13-4-5-15-28(27)33/h2-9,11-13,15-19,33H,10,14,20-24H2,1H3,(H,37,41)(H,39,40). The average Bonchev–Trinajstić information content (AvgIpc) is 3.01. The van der Waals surface area contributed by atoms with E-state index in [0.29, 0.717) is 35.2 Å². The van der Waals surface area contributed by atoms with E-state index in [1.54, 1.807) is 23.1 Å². The van der Waals surface area contributed by atoms with Gasteiger partial charge in [-0.25, -0.2) is 0 Å². The molecule has 0 spiro atoms. The highest BCUT2D eigenvalue weighted by atomic mass is 16.4. The summed E-state index contributed by atoms with van der Waals surface area (Å²) in [7, 11) is 0. The lowest BCUT2D eigenvalue weighted by Gasteiger charge is -2.27. The zero-order valence-electron chi connectivity index (χ0n) is 23.9. The highest BCUT2D eigenvalue weighted by molar-refractivity contribution is 6.06. The average molecular weight is 561 g/mol. The summed E-state index contributed by atoms with van der Waals surface area (Å²) in [6, 6.07) is 30.8. The predicted octanol–water partition coefficient (Wildman–Crippen LogP) is 6.63. The van der Waals surface area contributed by atoms with E-state index in [2.05, 4.69) is 17.4 Å². The van der Waals surface area contributed by atoms with Crippen molar-refractivity contribution < 1.29 is 19.5 Å². The van der Waals surface area contributed by atoms with Gasteiger partial charge in [-0.05, 0) is 78.1 Å². The van der Waals surface area contributed by atoms with Gasteiger partial charge in [-0.2, -0.15) is 0 Å². The lowest BCUT2D eigenvalue weighted by Crippen LogP contribution is -2.35. The van der Waals surface area contributed by atoms with Crippen LogP contribution in [-0.2, 0) is 17.6 Å². The van der Waals surface area contributed by atoms with Gasteiger partial charge in [-0.3, -0.25) is 14.4 Å². The molecule has 0 heterocycles. The molecule has 2 amide bonds. The van der Waals surface area contributed by atoms with Gasteiger partial charge in [-0.15, -0.1) is 0 Å². The Morgan fingerprint density at radius 1 is 0.810 bits per heavy atom. The highest BCUT2D eigenvalue weighted by Gasteiger charge is 2.25. The van der Waals surface area contributed by atoms with Crippen LogP contribution >= 0.6 is 0 Å². The van der Waals surface area contributed by atoms with Crippen molar-refractivity contribution in [3.05, 3.63) is 130 Å². The molecule has 1 unspecified atom stereocenters. The van der Waals surface area contributed by atoms with E-state index in [-0.39, 0.29) is 30.8 Å². The Morgan fingerprint density at radius 2 is 1.45 bits per heavy atom. The molecule has 0 fully saturated rings. The van der Waals surface area contributed by atoms with Crippen molar-refractivity contribution >= 4 is 17.8 Å². The van der Waals surface area contributed by atoms with Crippen molar-refractivity contribution in [2.75, 3.05) is 13.1 Å². The number of hydrogen-bond acceptors (Lipinski definition) is 3. The maximum Gasteiger partial charge on any atom is 0.305 e. The van der Waals surface area contributed by atoms with Crippen LogP contribution in [0, 0.1) is 6.92 Å². The molecule has 4 aromatic rings. The summed E-state index contributed by atoms with van der Waals surface area (Å²) in [6.45, 7) is 2.51. The third-order valence-corrected chi connectivity index (χ3v) is 8.09. The second kappa shape index (κ2) is 13.3. The fourth-order valence-corrected chi connectivity index (χ4v) is 5.82. The summed E-state index contributed by atoms with van der Waals surface area (Å²) < 4.78 is 0. The van der Waals surface area contributed by atoms with Gasteiger partial charge < -0.3 is 15.3 Å². The molecule has 42 heavy (non-hydrogen) atoms. The molecular formula is C36H36N2O4. The van der Waals surface area contributed by atoms with E-state index in [9.17, 15) is 19.5 Å². The molecule has 5 rings (SSSR count). The summed E-state index contributed by atoms with van der Waals surface area (Å²) in [5, 5.41) is 12.6. The molecule has 214 valence electrons. The van der Waals surface area contributed by atoms with Gasteiger partial charge in [0.1, 0.15) is 0 Å².